The number of primary amides is 1. The number of likely N-dealkylation sites (N-methyl/N-ethyl adjacent to an activating group) is 1. The molecule has 1 rings (SSSR count). The van der Waals surface area contributed by atoms with Crippen LogP contribution in [0.5, 0.6) is 0 Å². The molecule has 47 heavy (non-hydrogen) atoms. The molecule has 1 aliphatic rings. The zero-order valence-corrected chi connectivity index (χ0v) is 27.8. The molecule has 12 N–H and O–H groups in total. The molecule has 266 valence electrons. The summed E-state index contributed by atoms with van der Waals surface area (Å²) in [6, 6.07) is -6.03. The van der Waals surface area contributed by atoms with E-state index in [4.69, 9.17) is 17.2 Å². The van der Waals surface area contributed by atoms with E-state index in [1.807, 2.05) is 0 Å². The summed E-state index contributed by atoms with van der Waals surface area (Å²) in [4.78, 5) is 95.2. The van der Waals surface area contributed by atoms with E-state index in [0.29, 0.717) is 38.8 Å². The Bertz CT molecular complexity index is 1160. The predicted molar refractivity (Wildman–Crippen MR) is 172 cm³/mol. The number of nitrogens with zero attached hydrogens (tertiary/aromatic N) is 2. The number of aliphatic hydroxyl groups is 1. The molecule has 0 bridgehead atoms. The lowest BCUT2D eigenvalue weighted by Crippen LogP contribution is -2.61. The van der Waals surface area contributed by atoms with E-state index in [1.54, 1.807) is 20.8 Å². The van der Waals surface area contributed by atoms with Crippen LogP contribution in [0.25, 0.3) is 0 Å². The Morgan fingerprint density at radius 2 is 1.51 bits per heavy atom. The highest BCUT2D eigenvalue weighted by Crippen LogP contribution is 2.20. The molecule has 0 unspecified atom stereocenters. The average molecular weight is 669 g/mol. The summed E-state index contributed by atoms with van der Waals surface area (Å²) < 4.78 is 0. The molecule has 0 aromatic carbocycles. The first kappa shape index (κ1) is 40.5. The summed E-state index contributed by atoms with van der Waals surface area (Å²) in [5.41, 5.74) is 16.1. The number of rotatable bonds is 19. The normalized spacial score (nSPS) is 17.9. The van der Waals surface area contributed by atoms with Gasteiger partial charge in [0.2, 0.25) is 41.4 Å². The maximum atomic E-state index is 13.8. The van der Waals surface area contributed by atoms with Crippen molar-refractivity contribution in [3.8, 4) is 0 Å². The van der Waals surface area contributed by atoms with Crippen LogP contribution in [0.2, 0.25) is 0 Å². The summed E-state index contributed by atoms with van der Waals surface area (Å²) >= 11 is 0. The number of nitrogens with one attached hydrogen (secondary N) is 5. The van der Waals surface area contributed by atoms with Crippen LogP contribution in [0.15, 0.2) is 4.99 Å². The summed E-state index contributed by atoms with van der Waals surface area (Å²) in [5, 5.41) is 22.6. The van der Waals surface area contributed by atoms with Gasteiger partial charge in [0, 0.05) is 26.6 Å². The highest BCUT2D eigenvalue weighted by Gasteiger charge is 2.39. The molecule has 1 saturated heterocycles. The van der Waals surface area contributed by atoms with Gasteiger partial charge in [-0.3, -0.25) is 38.6 Å². The zero-order chi connectivity index (χ0) is 35.8. The first-order valence-electron chi connectivity index (χ1n) is 15.8. The van der Waals surface area contributed by atoms with Gasteiger partial charge in [0.25, 0.3) is 0 Å². The van der Waals surface area contributed by atoms with Gasteiger partial charge in [0.05, 0.1) is 12.5 Å². The number of guanidine groups is 1. The summed E-state index contributed by atoms with van der Waals surface area (Å²) in [6.45, 7) is 8.49. The lowest BCUT2D eigenvalue weighted by molar-refractivity contribution is -0.142. The van der Waals surface area contributed by atoms with Gasteiger partial charge in [-0.15, -0.1) is 0 Å². The number of nitrogens with two attached hydrogens (primary N) is 3. The quantitative estimate of drug-likeness (QED) is 0.0370. The number of aliphatic hydroxyl groups excluding tert-OH is 1. The van der Waals surface area contributed by atoms with Crippen molar-refractivity contribution in [2.24, 2.45) is 28.1 Å². The molecule has 7 atom stereocenters. The van der Waals surface area contributed by atoms with Crippen LogP contribution in [-0.4, -0.2) is 113 Å². The number of hydrogen-bond acceptors (Lipinski definition) is 9. The van der Waals surface area contributed by atoms with E-state index in [0.717, 1.165) is 6.92 Å². The third kappa shape index (κ3) is 13.4. The summed E-state index contributed by atoms with van der Waals surface area (Å²) in [7, 11) is 0. The third-order valence-electron chi connectivity index (χ3n) is 7.70. The van der Waals surface area contributed by atoms with E-state index < -0.39 is 84.1 Å². The first-order valence-corrected chi connectivity index (χ1v) is 15.8. The molecule has 1 heterocycles. The van der Waals surface area contributed by atoms with Gasteiger partial charge in [-0.25, -0.2) is 0 Å². The molecular formula is C29H52N10O8. The van der Waals surface area contributed by atoms with Gasteiger partial charge in [-0.2, -0.15) is 0 Å². The molecule has 0 aromatic heterocycles. The molecule has 1 aliphatic heterocycles. The molecule has 1 fully saturated rings. The largest absolute Gasteiger partial charge is 0.391 e. The van der Waals surface area contributed by atoms with Crippen molar-refractivity contribution in [1.82, 2.24) is 31.5 Å². The smallest absolute Gasteiger partial charge is 0.245 e. The molecular weight excluding hydrogens is 616 g/mol. The zero-order valence-electron chi connectivity index (χ0n) is 27.8. The van der Waals surface area contributed by atoms with Crippen molar-refractivity contribution in [1.29, 1.82) is 0 Å². The number of carbonyl (C=O) groups excluding carboxylic acids is 7. The molecule has 7 amide bonds. The fraction of sp³-hybridized carbons (Fsp3) is 0.724. The minimum Gasteiger partial charge on any atom is -0.391 e. The molecule has 18 heteroatoms. The van der Waals surface area contributed by atoms with Crippen LogP contribution >= 0.6 is 0 Å². The van der Waals surface area contributed by atoms with Gasteiger partial charge in [0.15, 0.2) is 5.96 Å². The molecule has 0 spiro atoms. The Labute approximate surface area is 274 Å². The highest BCUT2D eigenvalue weighted by atomic mass is 16.3. The fourth-order valence-electron chi connectivity index (χ4n) is 5.07. The molecule has 0 aliphatic carbocycles. The first-order chi connectivity index (χ1) is 22.0. The van der Waals surface area contributed by atoms with Gasteiger partial charge >= 0.3 is 0 Å². The molecule has 0 aromatic rings. The predicted octanol–water partition coefficient (Wildman–Crippen LogP) is -3.57. The van der Waals surface area contributed by atoms with E-state index in [1.165, 1.54) is 11.8 Å². The Balaban J connectivity index is 3.29. The van der Waals surface area contributed by atoms with Crippen LogP contribution in [0, 0.1) is 5.92 Å². The van der Waals surface area contributed by atoms with Crippen molar-refractivity contribution < 1.29 is 38.7 Å². The van der Waals surface area contributed by atoms with E-state index in [9.17, 15) is 38.7 Å². The van der Waals surface area contributed by atoms with E-state index in [-0.39, 0.29) is 24.8 Å². The Hall–Kier alpha value is -4.48. The monoisotopic (exact) mass is 668 g/mol. The Kier molecular flexibility index (Phi) is 17.2. The van der Waals surface area contributed by atoms with E-state index >= 15 is 0 Å². The van der Waals surface area contributed by atoms with Crippen molar-refractivity contribution in [3.63, 3.8) is 0 Å². The number of carbonyl (C=O) groups is 7. The summed E-state index contributed by atoms with van der Waals surface area (Å²) in [6.07, 6.45) is -0.111. The fourth-order valence-corrected chi connectivity index (χ4v) is 5.07. The number of aliphatic imine (C=N–C) groups is 1. The molecule has 0 saturated carbocycles. The third-order valence-corrected chi connectivity index (χ3v) is 7.70. The van der Waals surface area contributed by atoms with Gasteiger partial charge in [0.1, 0.15) is 30.2 Å². The SMILES string of the molecule is CCNC(=O)[C@@H]1CCCN1C(=O)[C@H](CCCN=C(N)N)NC(=O)[C@@H](NC(=O)[C@H](CC(N)=O)NC(=O)[C@@H](NC(C)=O)[C@@H](C)O)[C@@H](C)CC. The Morgan fingerprint density at radius 3 is 2.04 bits per heavy atom. The number of likely N-dealkylation sites (tertiary alicyclic amines) is 1. The minimum atomic E-state index is -1.56. The molecule has 18 nitrogen and oxygen atoms in total. The van der Waals surface area contributed by atoms with Crippen LogP contribution in [0.4, 0.5) is 0 Å². The average Bonchev–Trinajstić information content (AvgIpc) is 3.48. The second-order valence-electron chi connectivity index (χ2n) is 11.6. The maximum absolute atomic E-state index is 13.8. The number of hydrogen-bond donors (Lipinski definition) is 9. The van der Waals surface area contributed by atoms with Gasteiger partial charge < -0.3 is 53.8 Å². The lowest BCUT2D eigenvalue weighted by Gasteiger charge is -2.31. The maximum Gasteiger partial charge on any atom is 0.245 e. The van der Waals surface area contributed by atoms with Crippen molar-refractivity contribution in [2.45, 2.75) is 109 Å². The summed E-state index contributed by atoms with van der Waals surface area (Å²) in [5.74, 6) is -5.57. The second kappa shape index (κ2) is 19.9. The van der Waals surface area contributed by atoms with Crippen molar-refractivity contribution in [2.75, 3.05) is 19.6 Å². The van der Waals surface area contributed by atoms with Gasteiger partial charge in [-0.1, -0.05) is 20.3 Å². The minimum absolute atomic E-state index is 0.116. The van der Waals surface area contributed by atoms with Crippen LogP contribution in [-0.2, 0) is 33.6 Å². The second-order valence-corrected chi connectivity index (χ2v) is 11.6. The van der Waals surface area contributed by atoms with Crippen LogP contribution < -0.4 is 43.8 Å². The standard InChI is InChI=1S/C29H52N10O8/c1-6-15(3)22(38-24(43)19(14-21(30)42)37-27(46)23(16(4)40)35-17(5)41)26(45)36-18(10-8-12-34-29(31)32)28(47)39-13-9-11-20(39)25(44)33-7-2/h15-16,18-20,22-23,40H,6-14H2,1-5H3,(H2,30,42)(H,33,44)(H,35,41)(H,36,45)(H,37,46)(H,38,43)(H4,31,32,34)/t15-,16+,18-,19-,20-,22-,23-/m0/s1. The molecule has 0 radical (unpaired) electrons. The van der Waals surface area contributed by atoms with Crippen LogP contribution in [0.3, 0.4) is 0 Å². The highest BCUT2D eigenvalue weighted by molar-refractivity contribution is 5.98. The van der Waals surface area contributed by atoms with Crippen LogP contribution in [0.1, 0.15) is 73.1 Å². The van der Waals surface area contributed by atoms with Crippen molar-refractivity contribution >= 4 is 47.3 Å². The van der Waals surface area contributed by atoms with Gasteiger partial charge in [-0.05, 0) is 45.4 Å². The van der Waals surface area contributed by atoms with Crippen molar-refractivity contribution in [3.05, 3.63) is 0 Å². The Morgan fingerprint density at radius 1 is 0.894 bits per heavy atom. The topological polar surface area (TPSA) is 294 Å². The van der Waals surface area contributed by atoms with E-state index in [2.05, 4.69) is 31.6 Å². The number of amides is 7. The lowest BCUT2D eigenvalue weighted by atomic mass is 9.96.